The highest BCUT2D eigenvalue weighted by atomic mass is 79.9. The first-order valence-corrected chi connectivity index (χ1v) is 5.80. The molecule has 1 aromatic carbocycles. The molecule has 0 heterocycles. The molecule has 0 bridgehead atoms. The molecule has 3 heteroatoms. The summed E-state index contributed by atoms with van der Waals surface area (Å²) in [5, 5.41) is 0. The lowest BCUT2D eigenvalue weighted by Crippen LogP contribution is -2.19. The lowest BCUT2D eigenvalue weighted by molar-refractivity contribution is 0.0977. The Hall–Kier alpha value is -0.830. The van der Waals surface area contributed by atoms with Crippen molar-refractivity contribution in [2.45, 2.75) is 18.7 Å². The molecule has 15 heavy (non-hydrogen) atoms. The molecule has 0 aromatic heterocycles. The smallest absolute Gasteiger partial charge is 0.176 e. The molecule has 2 nitrogen and oxygen atoms in total. The number of alkyl halides is 1. The maximum atomic E-state index is 12.0. The van der Waals surface area contributed by atoms with Crippen molar-refractivity contribution in [2.24, 2.45) is 5.92 Å². The van der Waals surface area contributed by atoms with Crippen LogP contribution in [0.4, 0.5) is 0 Å². The number of hydrogen-bond acceptors (Lipinski definition) is 2. The standard InChI is InChI=1S/C12H15BrO2/c1-8(2)11(13)12(14)9-5-4-6-10(7-9)15-3/h4-8,11H,1-3H3. The van der Waals surface area contributed by atoms with Gasteiger partial charge >= 0.3 is 0 Å². The zero-order chi connectivity index (χ0) is 11.4. The molecule has 0 N–H and O–H groups in total. The Morgan fingerprint density at radius 1 is 1.40 bits per heavy atom. The summed E-state index contributed by atoms with van der Waals surface area (Å²) in [6.07, 6.45) is 0. The summed E-state index contributed by atoms with van der Waals surface area (Å²) >= 11 is 3.40. The van der Waals surface area contributed by atoms with Crippen LogP contribution in [0.15, 0.2) is 24.3 Å². The van der Waals surface area contributed by atoms with Crippen LogP contribution in [0.25, 0.3) is 0 Å². The maximum absolute atomic E-state index is 12.0. The molecular formula is C12H15BrO2. The van der Waals surface area contributed by atoms with E-state index in [4.69, 9.17) is 4.74 Å². The number of methoxy groups -OCH3 is 1. The summed E-state index contributed by atoms with van der Waals surface area (Å²) in [7, 11) is 1.59. The predicted molar refractivity (Wildman–Crippen MR) is 64.9 cm³/mol. The average molecular weight is 271 g/mol. The first kappa shape index (κ1) is 12.2. The number of ketones is 1. The van der Waals surface area contributed by atoms with E-state index in [1.807, 2.05) is 32.0 Å². The second kappa shape index (κ2) is 5.31. The SMILES string of the molecule is COc1cccc(C(=O)C(Br)C(C)C)c1. The Morgan fingerprint density at radius 3 is 2.60 bits per heavy atom. The highest BCUT2D eigenvalue weighted by molar-refractivity contribution is 9.10. The number of hydrogen-bond donors (Lipinski definition) is 0. The Morgan fingerprint density at radius 2 is 2.07 bits per heavy atom. The lowest BCUT2D eigenvalue weighted by Gasteiger charge is -2.12. The molecule has 0 aliphatic rings. The van der Waals surface area contributed by atoms with E-state index in [0.717, 1.165) is 0 Å². The van der Waals surface area contributed by atoms with Crippen LogP contribution in [0, 0.1) is 5.92 Å². The van der Waals surface area contributed by atoms with E-state index in [0.29, 0.717) is 11.3 Å². The molecule has 1 atom stereocenters. The Balaban J connectivity index is 2.91. The molecule has 82 valence electrons. The fourth-order valence-corrected chi connectivity index (χ4v) is 1.50. The average Bonchev–Trinajstić information content (AvgIpc) is 2.27. The van der Waals surface area contributed by atoms with Gasteiger partial charge in [0.1, 0.15) is 5.75 Å². The minimum absolute atomic E-state index is 0.101. The molecule has 0 spiro atoms. The third-order valence-corrected chi connectivity index (χ3v) is 3.66. The molecule has 0 fully saturated rings. The van der Waals surface area contributed by atoms with Gasteiger partial charge < -0.3 is 4.74 Å². The highest BCUT2D eigenvalue weighted by Gasteiger charge is 2.20. The van der Waals surface area contributed by atoms with Crippen LogP contribution in [0.3, 0.4) is 0 Å². The van der Waals surface area contributed by atoms with Gasteiger partial charge in [-0.15, -0.1) is 0 Å². The van der Waals surface area contributed by atoms with Crippen LogP contribution in [0.2, 0.25) is 0 Å². The third kappa shape index (κ3) is 3.06. The molecule has 0 saturated heterocycles. The molecule has 1 aromatic rings. The number of carbonyl (C=O) groups is 1. The molecule has 0 saturated carbocycles. The summed E-state index contributed by atoms with van der Waals surface area (Å²) in [5.41, 5.74) is 0.685. The van der Waals surface area contributed by atoms with Gasteiger partial charge in [0.2, 0.25) is 0 Å². The molecule has 1 rings (SSSR count). The third-order valence-electron chi connectivity index (χ3n) is 2.19. The van der Waals surface area contributed by atoms with Crippen LogP contribution in [0.1, 0.15) is 24.2 Å². The number of halogens is 1. The van der Waals surface area contributed by atoms with Gasteiger partial charge in [0.05, 0.1) is 11.9 Å². The number of carbonyl (C=O) groups excluding carboxylic acids is 1. The van der Waals surface area contributed by atoms with Crippen LogP contribution >= 0.6 is 15.9 Å². The Labute approximate surface area is 98.8 Å². The van der Waals surface area contributed by atoms with Gasteiger partial charge in [-0.25, -0.2) is 0 Å². The molecular weight excluding hydrogens is 256 g/mol. The summed E-state index contributed by atoms with van der Waals surface area (Å²) in [4.78, 5) is 11.8. The van der Waals surface area contributed by atoms with Crippen molar-refractivity contribution < 1.29 is 9.53 Å². The van der Waals surface area contributed by atoms with Crippen LogP contribution in [0.5, 0.6) is 5.75 Å². The van der Waals surface area contributed by atoms with Crippen molar-refractivity contribution in [3.8, 4) is 5.75 Å². The zero-order valence-electron chi connectivity index (χ0n) is 9.16. The van der Waals surface area contributed by atoms with E-state index in [-0.39, 0.29) is 16.5 Å². The quantitative estimate of drug-likeness (QED) is 0.620. The predicted octanol–water partition coefficient (Wildman–Crippen LogP) is 3.30. The largest absolute Gasteiger partial charge is 0.497 e. The van der Waals surface area contributed by atoms with Gasteiger partial charge in [0.25, 0.3) is 0 Å². The minimum Gasteiger partial charge on any atom is -0.497 e. The first-order chi connectivity index (χ1) is 7.06. The number of ether oxygens (including phenoxy) is 1. The van der Waals surface area contributed by atoms with E-state index >= 15 is 0 Å². The van der Waals surface area contributed by atoms with Crippen LogP contribution < -0.4 is 4.74 Å². The number of rotatable bonds is 4. The fourth-order valence-electron chi connectivity index (χ4n) is 1.24. The van der Waals surface area contributed by atoms with Crippen molar-refractivity contribution >= 4 is 21.7 Å². The molecule has 0 radical (unpaired) electrons. The van der Waals surface area contributed by atoms with Crippen molar-refractivity contribution in [1.82, 2.24) is 0 Å². The van der Waals surface area contributed by atoms with E-state index in [1.165, 1.54) is 0 Å². The summed E-state index contributed by atoms with van der Waals surface area (Å²) in [6.45, 7) is 4.02. The monoisotopic (exact) mass is 270 g/mol. The number of benzene rings is 1. The summed E-state index contributed by atoms with van der Waals surface area (Å²) in [6, 6.07) is 7.22. The Bertz CT molecular complexity index is 347. The molecule has 0 amide bonds. The van der Waals surface area contributed by atoms with Crippen molar-refractivity contribution in [1.29, 1.82) is 0 Å². The van der Waals surface area contributed by atoms with E-state index in [2.05, 4.69) is 15.9 Å². The van der Waals surface area contributed by atoms with Crippen molar-refractivity contribution in [2.75, 3.05) is 7.11 Å². The summed E-state index contributed by atoms with van der Waals surface area (Å²) in [5.74, 6) is 1.09. The van der Waals surface area contributed by atoms with E-state index < -0.39 is 0 Å². The zero-order valence-corrected chi connectivity index (χ0v) is 10.7. The van der Waals surface area contributed by atoms with Gasteiger partial charge in [-0.3, -0.25) is 4.79 Å². The van der Waals surface area contributed by atoms with Gasteiger partial charge in [0, 0.05) is 5.56 Å². The summed E-state index contributed by atoms with van der Waals surface area (Å²) < 4.78 is 5.08. The topological polar surface area (TPSA) is 26.3 Å². The molecule has 1 unspecified atom stereocenters. The van der Waals surface area contributed by atoms with E-state index in [1.54, 1.807) is 13.2 Å². The first-order valence-electron chi connectivity index (χ1n) is 4.88. The normalized spacial score (nSPS) is 12.6. The van der Waals surface area contributed by atoms with E-state index in [9.17, 15) is 4.79 Å². The van der Waals surface area contributed by atoms with Gasteiger partial charge in [-0.1, -0.05) is 41.9 Å². The molecule has 0 aliphatic carbocycles. The second-order valence-corrected chi connectivity index (χ2v) is 4.73. The highest BCUT2D eigenvalue weighted by Crippen LogP contribution is 2.20. The second-order valence-electron chi connectivity index (χ2n) is 3.74. The fraction of sp³-hybridized carbons (Fsp3) is 0.417. The van der Waals surface area contributed by atoms with Gasteiger partial charge in [-0.2, -0.15) is 0 Å². The van der Waals surface area contributed by atoms with Gasteiger partial charge in [0.15, 0.2) is 5.78 Å². The maximum Gasteiger partial charge on any atom is 0.176 e. The number of Topliss-reactive ketones (excluding diaryl/α,β-unsaturated/α-hetero) is 1. The van der Waals surface area contributed by atoms with Gasteiger partial charge in [-0.05, 0) is 18.1 Å². The van der Waals surface area contributed by atoms with Crippen LogP contribution in [-0.4, -0.2) is 17.7 Å². The minimum atomic E-state index is -0.135. The lowest BCUT2D eigenvalue weighted by atomic mass is 10.0. The molecule has 0 aliphatic heterocycles. The van der Waals surface area contributed by atoms with Crippen LogP contribution in [-0.2, 0) is 0 Å². The Kier molecular flexibility index (Phi) is 4.33. The van der Waals surface area contributed by atoms with Crippen molar-refractivity contribution in [3.05, 3.63) is 29.8 Å². The van der Waals surface area contributed by atoms with Crippen molar-refractivity contribution in [3.63, 3.8) is 0 Å².